The fourth-order valence-corrected chi connectivity index (χ4v) is 7.01. The zero-order valence-corrected chi connectivity index (χ0v) is 29.4. The summed E-state index contributed by atoms with van der Waals surface area (Å²) in [5.41, 5.74) is 2.96. The first-order chi connectivity index (χ1) is 22.7. The second-order valence-corrected chi connectivity index (χ2v) is 14.3. The zero-order chi connectivity index (χ0) is 33.4. The summed E-state index contributed by atoms with van der Waals surface area (Å²) in [6.45, 7) is 9.87. The number of unbranched alkanes of at least 4 members (excludes halogenated alkanes) is 2. The van der Waals surface area contributed by atoms with Crippen molar-refractivity contribution in [2.45, 2.75) is 94.7 Å². The number of rotatable bonds is 17. The van der Waals surface area contributed by atoms with Crippen LogP contribution in [0.2, 0.25) is 5.02 Å². The molecule has 0 N–H and O–H groups in total. The molecule has 2 aliphatic heterocycles. The molecule has 0 aromatic heterocycles. The van der Waals surface area contributed by atoms with Gasteiger partial charge in [0.05, 0.1) is 24.7 Å². The van der Waals surface area contributed by atoms with Gasteiger partial charge < -0.3 is 23.7 Å². The first kappa shape index (κ1) is 35.8. The number of ether oxygens (including phenoxy) is 5. The Labute approximate surface area is 284 Å². The van der Waals surface area contributed by atoms with Gasteiger partial charge in [-0.05, 0) is 80.1 Å². The van der Waals surface area contributed by atoms with E-state index in [-0.39, 0.29) is 11.5 Å². The lowest BCUT2D eigenvalue weighted by Gasteiger charge is -2.45. The number of halogens is 1. The van der Waals surface area contributed by atoms with Gasteiger partial charge in [-0.1, -0.05) is 80.3 Å². The molecule has 2 aliphatic rings. The van der Waals surface area contributed by atoms with E-state index in [9.17, 15) is 8.42 Å². The van der Waals surface area contributed by atoms with Crippen molar-refractivity contribution in [1.82, 2.24) is 0 Å². The van der Waals surface area contributed by atoms with Crippen LogP contribution < -0.4 is 4.74 Å². The van der Waals surface area contributed by atoms with Crippen molar-refractivity contribution in [3.63, 3.8) is 0 Å². The van der Waals surface area contributed by atoms with Crippen LogP contribution in [0.25, 0.3) is 0 Å². The van der Waals surface area contributed by atoms with E-state index >= 15 is 0 Å². The van der Waals surface area contributed by atoms with E-state index in [1.807, 2.05) is 50.2 Å². The summed E-state index contributed by atoms with van der Waals surface area (Å²) in [6.07, 6.45) is 2.00. The number of aryl methyl sites for hydroxylation is 1. The van der Waals surface area contributed by atoms with Crippen molar-refractivity contribution in [3.05, 3.63) is 94.0 Å². The first-order valence-electron chi connectivity index (χ1n) is 16.7. The van der Waals surface area contributed by atoms with Gasteiger partial charge in [0.2, 0.25) is 0 Å². The Kier molecular flexibility index (Phi) is 12.4. The summed E-state index contributed by atoms with van der Waals surface area (Å²) >= 11 is 6.74. The minimum Gasteiger partial charge on any atom is -0.494 e. The van der Waals surface area contributed by atoms with E-state index in [2.05, 4.69) is 19.9 Å². The molecular weight excluding hydrogens is 640 g/mol. The Balaban J connectivity index is 1.46. The summed E-state index contributed by atoms with van der Waals surface area (Å²) in [5.74, 6) is 0.821. The molecule has 0 aliphatic carbocycles. The largest absolute Gasteiger partial charge is 0.494 e. The topological polar surface area (TPSA) is 92.8 Å². The molecular formula is C37H47ClO8S. The third-order valence-corrected chi connectivity index (χ3v) is 10.4. The summed E-state index contributed by atoms with van der Waals surface area (Å²) < 4.78 is 63.7. The SMILES string of the molecule is CCCCO[C@@H]1[C@@H](OCCCC)[C@]2(CO2)[C@@H](COS(=O)(=O)c2ccc(C)cc2)O[C@H]1c1ccc(Cl)c(Cc2ccc(OCC)cc2)c1. The predicted molar refractivity (Wildman–Crippen MR) is 182 cm³/mol. The number of epoxide rings is 1. The Morgan fingerprint density at radius 3 is 2.23 bits per heavy atom. The van der Waals surface area contributed by atoms with Crippen LogP contribution in [0.5, 0.6) is 5.75 Å². The average Bonchev–Trinajstić information content (AvgIpc) is 3.85. The molecule has 47 heavy (non-hydrogen) atoms. The summed E-state index contributed by atoms with van der Waals surface area (Å²) in [4.78, 5) is 0.0920. The monoisotopic (exact) mass is 686 g/mol. The third-order valence-electron chi connectivity index (χ3n) is 8.73. The van der Waals surface area contributed by atoms with E-state index in [0.29, 0.717) is 37.9 Å². The average molecular weight is 687 g/mol. The zero-order valence-electron chi connectivity index (χ0n) is 27.8. The van der Waals surface area contributed by atoms with Crippen molar-refractivity contribution in [1.29, 1.82) is 0 Å². The van der Waals surface area contributed by atoms with Crippen molar-refractivity contribution < 1.29 is 36.3 Å². The summed E-state index contributed by atoms with van der Waals surface area (Å²) in [5, 5.41) is 0.642. The highest BCUT2D eigenvalue weighted by atomic mass is 35.5. The first-order valence-corrected chi connectivity index (χ1v) is 18.5. The molecule has 0 radical (unpaired) electrons. The number of hydrogen-bond donors (Lipinski definition) is 0. The van der Waals surface area contributed by atoms with Crippen LogP contribution >= 0.6 is 11.6 Å². The summed E-state index contributed by atoms with van der Waals surface area (Å²) in [6, 6.07) is 20.5. The lowest BCUT2D eigenvalue weighted by atomic mass is 9.84. The van der Waals surface area contributed by atoms with E-state index in [0.717, 1.165) is 53.7 Å². The van der Waals surface area contributed by atoms with E-state index < -0.39 is 40.1 Å². The normalized spacial score (nSPS) is 24.0. The van der Waals surface area contributed by atoms with E-state index in [4.69, 9.17) is 39.5 Å². The molecule has 3 aromatic rings. The van der Waals surface area contributed by atoms with E-state index in [1.165, 1.54) is 0 Å². The van der Waals surface area contributed by atoms with Crippen molar-refractivity contribution in [2.24, 2.45) is 0 Å². The van der Waals surface area contributed by atoms with E-state index in [1.54, 1.807) is 24.3 Å². The highest BCUT2D eigenvalue weighted by Gasteiger charge is 2.66. The van der Waals surface area contributed by atoms with Gasteiger partial charge in [-0.3, -0.25) is 4.18 Å². The maximum absolute atomic E-state index is 13.2. The van der Waals surface area contributed by atoms with Crippen molar-refractivity contribution in [2.75, 3.05) is 33.0 Å². The van der Waals surface area contributed by atoms with Crippen LogP contribution in [-0.4, -0.2) is 65.4 Å². The van der Waals surface area contributed by atoms with Gasteiger partial charge in [-0.15, -0.1) is 0 Å². The van der Waals surface area contributed by atoms with Crippen LogP contribution in [0.4, 0.5) is 0 Å². The standard InChI is InChI=1S/C37H47ClO8S/c1-5-8-20-42-35-34(28-14-19-32(38)29(23-28)22-27-12-15-30(16-13-27)41-7-3)46-33(37(25-44-37)36(35)43-21-9-6-2)24-45-47(39,40)31-17-10-26(4)11-18-31/h10-19,23,33-36H,5-9,20-22,24-25H2,1-4H3/t33-,34+,35+,36-,37+/m1/s1. The molecule has 2 heterocycles. The smallest absolute Gasteiger partial charge is 0.297 e. The maximum atomic E-state index is 13.2. The van der Waals surface area contributed by atoms with Gasteiger partial charge in [-0.25, -0.2) is 0 Å². The van der Waals surface area contributed by atoms with Gasteiger partial charge in [-0.2, -0.15) is 8.42 Å². The molecule has 0 saturated carbocycles. The van der Waals surface area contributed by atoms with Crippen molar-refractivity contribution in [3.8, 4) is 5.75 Å². The van der Waals surface area contributed by atoms with Crippen LogP contribution in [0, 0.1) is 6.92 Å². The van der Waals surface area contributed by atoms with Gasteiger partial charge in [0, 0.05) is 18.2 Å². The van der Waals surface area contributed by atoms with Crippen molar-refractivity contribution >= 4 is 21.7 Å². The third kappa shape index (κ3) is 8.76. The number of benzene rings is 3. The molecule has 5 atom stereocenters. The summed E-state index contributed by atoms with van der Waals surface area (Å²) in [7, 11) is -4.04. The Morgan fingerprint density at radius 1 is 0.915 bits per heavy atom. The molecule has 3 aromatic carbocycles. The molecule has 0 amide bonds. The molecule has 5 rings (SSSR count). The quantitative estimate of drug-likeness (QED) is 0.0814. The van der Waals surface area contributed by atoms with Gasteiger partial charge in [0.1, 0.15) is 35.8 Å². The molecule has 256 valence electrons. The van der Waals surface area contributed by atoms with Gasteiger partial charge in [0.15, 0.2) is 0 Å². The van der Waals surface area contributed by atoms with Gasteiger partial charge >= 0.3 is 0 Å². The van der Waals surface area contributed by atoms with Crippen LogP contribution in [0.3, 0.4) is 0 Å². The Hall–Kier alpha value is -2.50. The fourth-order valence-electron chi connectivity index (χ4n) is 5.92. The molecule has 2 saturated heterocycles. The minimum absolute atomic E-state index is 0.0920. The van der Waals surface area contributed by atoms with Crippen LogP contribution in [-0.2, 0) is 39.7 Å². The molecule has 10 heteroatoms. The molecule has 8 nitrogen and oxygen atoms in total. The predicted octanol–water partition coefficient (Wildman–Crippen LogP) is 7.62. The molecule has 0 bridgehead atoms. The fraction of sp³-hybridized carbons (Fsp3) is 0.514. The molecule has 0 unspecified atom stereocenters. The number of hydrogen-bond acceptors (Lipinski definition) is 8. The molecule has 1 spiro atoms. The lowest BCUT2D eigenvalue weighted by Crippen LogP contribution is -2.60. The molecule has 2 fully saturated rings. The highest BCUT2D eigenvalue weighted by Crippen LogP contribution is 2.50. The van der Waals surface area contributed by atoms with Crippen LogP contribution in [0.15, 0.2) is 71.6 Å². The Morgan fingerprint density at radius 2 is 1.60 bits per heavy atom. The minimum atomic E-state index is -4.04. The Bertz CT molecular complexity index is 1540. The highest BCUT2D eigenvalue weighted by molar-refractivity contribution is 7.86. The lowest BCUT2D eigenvalue weighted by molar-refractivity contribution is -0.241. The second-order valence-electron chi connectivity index (χ2n) is 12.3. The van der Waals surface area contributed by atoms with Gasteiger partial charge in [0.25, 0.3) is 10.1 Å². The maximum Gasteiger partial charge on any atom is 0.297 e. The van der Waals surface area contributed by atoms with Crippen LogP contribution in [0.1, 0.15) is 74.8 Å². The second kappa shape index (κ2) is 16.3.